The predicted octanol–water partition coefficient (Wildman–Crippen LogP) is 1.02. The van der Waals surface area contributed by atoms with Crippen molar-refractivity contribution in [1.29, 1.82) is 0 Å². The van der Waals surface area contributed by atoms with E-state index >= 15 is 0 Å². The molecule has 0 fully saturated rings. The fourth-order valence-corrected chi connectivity index (χ4v) is 0.659. The summed E-state index contributed by atoms with van der Waals surface area (Å²) in [4.78, 5) is 0. The van der Waals surface area contributed by atoms with E-state index in [4.69, 9.17) is 0 Å². The van der Waals surface area contributed by atoms with Gasteiger partial charge < -0.3 is 0 Å². The van der Waals surface area contributed by atoms with Gasteiger partial charge in [-0.25, -0.2) is 0 Å². The second-order valence-corrected chi connectivity index (χ2v) is 2.00. The normalized spacial score (nSPS) is 8.60. The number of nitrogens with zero attached hydrogens (tertiary/aromatic N) is 2. The molecule has 0 saturated carbocycles. The fourth-order valence-electron chi connectivity index (χ4n) is 0.659. The Bertz CT molecular complexity index is 262. The smallest absolute Gasteiger partial charge is 0.113 e. The average Bonchev–Trinajstić information content (AvgIpc) is 2.31. The van der Waals surface area contributed by atoms with E-state index in [0.717, 1.165) is 5.69 Å². The number of hydrogen-bond acceptors (Lipinski definition) is 1. The number of aromatic nitrogens is 2. The quantitative estimate of drug-likeness (QED) is 0.523. The van der Waals surface area contributed by atoms with Crippen LogP contribution in [0.25, 0.3) is 0 Å². The summed E-state index contributed by atoms with van der Waals surface area (Å²) < 4.78 is 1.82. The molecule has 0 aliphatic carbocycles. The van der Waals surface area contributed by atoms with Gasteiger partial charge in [-0.15, -0.1) is 5.92 Å². The zero-order chi connectivity index (χ0) is 7.40. The first-order chi connectivity index (χ1) is 4.84. The Labute approximate surface area is 60.9 Å². The maximum atomic E-state index is 3.94. The van der Waals surface area contributed by atoms with Crippen molar-refractivity contribution < 1.29 is 0 Å². The highest BCUT2D eigenvalue weighted by atomic mass is 15.3. The maximum Gasteiger partial charge on any atom is 0.113 e. The summed E-state index contributed by atoms with van der Waals surface area (Å²) >= 11 is 0. The van der Waals surface area contributed by atoms with Gasteiger partial charge in [-0.05, 0) is 19.9 Å². The van der Waals surface area contributed by atoms with Crippen LogP contribution in [-0.4, -0.2) is 9.78 Å². The summed E-state index contributed by atoms with van der Waals surface area (Å²) in [6.45, 7) is 4.48. The fraction of sp³-hybridized carbons (Fsp3) is 0.375. The Morgan fingerprint density at radius 2 is 2.60 bits per heavy atom. The molecule has 51 valence electrons. The van der Waals surface area contributed by atoms with Crippen molar-refractivity contribution in [1.82, 2.24) is 9.78 Å². The highest BCUT2D eigenvalue weighted by molar-refractivity contribution is 5.01. The molecule has 10 heavy (non-hydrogen) atoms. The summed E-state index contributed by atoms with van der Waals surface area (Å²) in [5, 5.41) is 3.94. The van der Waals surface area contributed by atoms with Crippen molar-refractivity contribution in [3.05, 3.63) is 18.0 Å². The van der Waals surface area contributed by atoms with Crippen LogP contribution in [0.4, 0.5) is 0 Å². The van der Waals surface area contributed by atoms with E-state index in [-0.39, 0.29) is 0 Å². The standard InChI is InChI=1S/C8H9N2/c1-3-4-7-10-8(2)5-6-9-10/h5H,7H2,1-2H3. The second kappa shape index (κ2) is 3.07. The molecule has 0 aliphatic heterocycles. The lowest BCUT2D eigenvalue weighted by Gasteiger charge is -1.94. The van der Waals surface area contributed by atoms with E-state index in [1.807, 2.05) is 24.6 Å². The third-order valence-electron chi connectivity index (χ3n) is 1.26. The summed E-state index contributed by atoms with van der Waals surface area (Å²) in [7, 11) is 0. The zero-order valence-corrected chi connectivity index (χ0v) is 6.18. The first-order valence-electron chi connectivity index (χ1n) is 3.14. The molecule has 1 aromatic heterocycles. The lowest BCUT2D eigenvalue weighted by Crippen LogP contribution is -1.99. The van der Waals surface area contributed by atoms with Crippen LogP contribution in [0.15, 0.2) is 6.07 Å². The summed E-state index contributed by atoms with van der Waals surface area (Å²) in [5.41, 5.74) is 1.10. The van der Waals surface area contributed by atoms with Crippen LogP contribution in [0.3, 0.4) is 0 Å². The van der Waals surface area contributed by atoms with Gasteiger partial charge in [-0.2, -0.15) is 5.10 Å². The molecule has 0 unspecified atom stereocenters. The predicted molar refractivity (Wildman–Crippen MR) is 39.3 cm³/mol. The molecule has 0 saturated heterocycles. The average molecular weight is 133 g/mol. The Kier molecular flexibility index (Phi) is 2.11. The van der Waals surface area contributed by atoms with Crippen LogP contribution in [0.2, 0.25) is 0 Å². The molecule has 2 nitrogen and oxygen atoms in total. The van der Waals surface area contributed by atoms with Crippen LogP contribution in [0, 0.1) is 25.0 Å². The molecular formula is C8H9N2. The van der Waals surface area contributed by atoms with E-state index in [2.05, 4.69) is 23.1 Å². The van der Waals surface area contributed by atoms with E-state index in [1.54, 1.807) is 0 Å². The number of rotatable bonds is 1. The minimum atomic E-state index is 0.672. The molecule has 0 aromatic carbocycles. The lowest BCUT2D eigenvalue weighted by atomic mass is 10.5. The summed E-state index contributed by atoms with van der Waals surface area (Å²) in [5.74, 6) is 5.73. The van der Waals surface area contributed by atoms with Crippen molar-refractivity contribution in [3.8, 4) is 11.8 Å². The highest BCUT2D eigenvalue weighted by Crippen LogP contribution is 1.92. The van der Waals surface area contributed by atoms with Gasteiger partial charge in [0.05, 0.1) is 0 Å². The topological polar surface area (TPSA) is 17.8 Å². The Hall–Kier alpha value is -1.23. The molecule has 0 spiro atoms. The first kappa shape index (κ1) is 6.88. The van der Waals surface area contributed by atoms with Crippen molar-refractivity contribution >= 4 is 0 Å². The minimum Gasteiger partial charge on any atom is -0.257 e. The van der Waals surface area contributed by atoms with Gasteiger partial charge in [-0.1, -0.05) is 5.92 Å². The van der Waals surface area contributed by atoms with Crippen LogP contribution >= 0.6 is 0 Å². The van der Waals surface area contributed by atoms with Crippen LogP contribution in [-0.2, 0) is 6.54 Å². The lowest BCUT2D eigenvalue weighted by molar-refractivity contribution is 0.689. The highest BCUT2D eigenvalue weighted by Gasteiger charge is 1.91. The van der Waals surface area contributed by atoms with Gasteiger partial charge in [0.15, 0.2) is 0 Å². The number of aryl methyl sites for hydroxylation is 1. The molecule has 0 bridgehead atoms. The summed E-state index contributed by atoms with van der Waals surface area (Å²) in [6, 6.07) is 1.84. The van der Waals surface area contributed by atoms with E-state index in [9.17, 15) is 0 Å². The van der Waals surface area contributed by atoms with Crippen molar-refractivity contribution in [2.75, 3.05) is 0 Å². The molecule has 0 N–H and O–H groups in total. The molecule has 1 rings (SSSR count). The zero-order valence-electron chi connectivity index (χ0n) is 6.18. The van der Waals surface area contributed by atoms with E-state index in [1.165, 1.54) is 0 Å². The largest absolute Gasteiger partial charge is 0.257 e. The number of hydrogen-bond donors (Lipinski definition) is 0. The second-order valence-electron chi connectivity index (χ2n) is 2.00. The third kappa shape index (κ3) is 1.38. The monoisotopic (exact) mass is 133 g/mol. The van der Waals surface area contributed by atoms with Crippen LogP contribution in [0.1, 0.15) is 12.6 Å². The van der Waals surface area contributed by atoms with Gasteiger partial charge in [-0.3, -0.25) is 4.68 Å². The van der Waals surface area contributed by atoms with Gasteiger partial charge in [0.1, 0.15) is 12.7 Å². The summed E-state index contributed by atoms with van der Waals surface area (Å²) in [6.07, 6.45) is 2.75. The van der Waals surface area contributed by atoms with Gasteiger partial charge in [0.2, 0.25) is 0 Å². The van der Waals surface area contributed by atoms with Crippen molar-refractivity contribution in [2.24, 2.45) is 0 Å². The Morgan fingerprint density at radius 3 is 3.10 bits per heavy atom. The molecule has 1 radical (unpaired) electrons. The molecule has 0 amide bonds. The van der Waals surface area contributed by atoms with Gasteiger partial charge in [0, 0.05) is 5.69 Å². The van der Waals surface area contributed by atoms with Gasteiger partial charge in [0.25, 0.3) is 0 Å². The molecule has 0 aliphatic rings. The minimum absolute atomic E-state index is 0.672. The van der Waals surface area contributed by atoms with Crippen molar-refractivity contribution in [2.45, 2.75) is 20.4 Å². The van der Waals surface area contributed by atoms with Crippen molar-refractivity contribution in [3.63, 3.8) is 0 Å². The molecule has 1 heterocycles. The van der Waals surface area contributed by atoms with E-state index < -0.39 is 0 Å². The van der Waals surface area contributed by atoms with Crippen LogP contribution in [0.5, 0.6) is 0 Å². The molecule has 2 heteroatoms. The Morgan fingerprint density at radius 1 is 1.80 bits per heavy atom. The molecule has 1 aromatic rings. The third-order valence-corrected chi connectivity index (χ3v) is 1.26. The van der Waals surface area contributed by atoms with Gasteiger partial charge >= 0.3 is 0 Å². The molecule has 0 atom stereocenters. The van der Waals surface area contributed by atoms with E-state index in [0.29, 0.717) is 6.54 Å². The SMILES string of the molecule is CC#CCn1n[c]cc1C. The maximum absolute atomic E-state index is 3.94. The Balaban J connectivity index is 2.71. The molecular weight excluding hydrogens is 124 g/mol. The van der Waals surface area contributed by atoms with Crippen LogP contribution < -0.4 is 0 Å². The first-order valence-corrected chi connectivity index (χ1v) is 3.14.